The molecule has 0 saturated carbocycles. The summed E-state index contributed by atoms with van der Waals surface area (Å²) in [6.07, 6.45) is 0.0503. The molecule has 6 nitrogen and oxygen atoms in total. The van der Waals surface area contributed by atoms with Crippen molar-refractivity contribution >= 4 is 23.5 Å². The van der Waals surface area contributed by atoms with E-state index in [1.807, 2.05) is 37.3 Å². The fourth-order valence-corrected chi connectivity index (χ4v) is 2.52. The maximum absolute atomic E-state index is 12.5. The summed E-state index contributed by atoms with van der Waals surface area (Å²) in [6.45, 7) is 3.92. The molecule has 2 aromatic rings. The molecule has 0 radical (unpaired) electrons. The highest BCUT2D eigenvalue weighted by Gasteiger charge is 2.13. The Bertz CT molecular complexity index is 790. The molecule has 0 heterocycles. The third kappa shape index (κ3) is 6.58. The van der Waals surface area contributed by atoms with Crippen molar-refractivity contribution in [2.45, 2.75) is 32.7 Å². The second-order valence-electron chi connectivity index (χ2n) is 6.04. The van der Waals surface area contributed by atoms with E-state index < -0.39 is 5.97 Å². The average molecular weight is 368 g/mol. The van der Waals surface area contributed by atoms with Crippen LogP contribution in [0.1, 0.15) is 48.7 Å². The van der Waals surface area contributed by atoms with Gasteiger partial charge >= 0.3 is 5.97 Å². The molecule has 1 unspecified atom stereocenters. The quantitative estimate of drug-likeness (QED) is 0.699. The molecule has 0 saturated heterocycles. The molecule has 142 valence electrons. The molecular weight excluding hydrogens is 344 g/mol. The van der Waals surface area contributed by atoms with Gasteiger partial charge < -0.3 is 15.4 Å². The van der Waals surface area contributed by atoms with E-state index in [9.17, 15) is 14.4 Å². The summed E-state index contributed by atoms with van der Waals surface area (Å²) in [6, 6.07) is 16.2. The smallest absolute Gasteiger partial charge is 0.306 e. The molecule has 0 bridgehead atoms. The minimum absolute atomic E-state index is 0.0223. The number of carbonyl (C=O) groups is 3. The van der Waals surface area contributed by atoms with Crippen LogP contribution in [0, 0.1) is 0 Å². The summed E-state index contributed by atoms with van der Waals surface area (Å²) in [4.78, 5) is 35.7. The summed E-state index contributed by atoms with van der Waals surface area (Å²) in [7, 11) is 0. The molecule has 1 atom stereocenters. The van der Waals surface area contributed by atoms with Gasteiger partial charge in [0.2, 0.25) is 5.91 Å². The van der Waals surface area contributed by atoms with Crippen LogP contribution in [0.3, 0.4) is 0 Å². The van der Waals surface area contributed by atoms with Crippen molar-refractivity contribution in [3.63, 3.8) is 0 Å². The van der Waals surface area contributed by atoms with E-state index in [1.54, 1.807) is 31.2 Å². The molecule has 0 aliphatic carbocycles. The first kappa shape index (κ1) is 20.2. The number of hydrogen-bond acceptors (Lipinski definition) is 4. The van der Waals surface area contributed by atoms with Crippen LogP contribution >= 0.6 is 0 Å². The first-order valence-corrected chi connectivity index (χ1v) is 8.91. The molecule has 0 aliphatic rings. The highest BCUT2D eigenvalue weighted by Crippen LogP contribution is 2.15. The van der Waals surface area contributed by atoms with Crippen molar-refractivity contribution in [3.8, 4) is 0 Å². The zero-order chi connectivity index (χ0) is 19.6. The molecule has 0 fully saturated rings. The Morgan fingerprint density at radius 2 is 1.74 bits per heavy atom. The van der Waals surface area contributed by atoms with Crippen LogP contribution in [0.25, 0.3) is 0 Å². The minimum atomic E-state index is -0.407. The molecule has 2 amide bonds. The van der Waals surface area contributed by atoms with E-state index in [0.29, 0.717) is 17.9 Å². The molecule has 0 spiro atoms. The number of carbonyl (C=O) groups excluding carboxylic acids is 3. The van der Waals surface area contributed by atoms with Crippen molar-refractivity contribution < 1.29 is 19.1 Å². The monoisotopic (exact) mass is 368 g/mol. The summed E-state index contributed by atoms with van der Waals surface area (Å²) >= 11 is 0. The second kappa shape index (κ2) is 10.1. The van der Waals surface area contributed by atoms with Gasteiger partial charge in [0.25, 0.3) is 5.91 Å². The Balaban J connectivity index is 1.93. The Hall–Kier alpha value is -3.15. The van der Waals surface area contributed by atoms with Crippen LogP contribution in [0.4, 0.5) is 5.69 Å². The van der Waals surface area contributed by atoms with Gasteiger partial charge in [0.15, 0.2) is 0 Å². The number of hydrogen-bond donors (Lipinski definition) is 2. The molecule has 27 heavy (non-hydrogen) atoms. The summed E-state index contributed by atoms with van der Waals surface area (Å²) in [5.41, 5.74) is 1.96. The standard InChI is InChI=1S/C21H24N2O4/c1-3-27-20(25)13-12-19(24)23-18-11-7-10-17(14-18)21(26)22-15(2)16-8-5-4-6-9-16/h4-11,14-15H,3,12-13H2,1-2H3,(H,22,26)(H,23,24). The highest BCUT2D eigenvalue weighted by atomic mass is 16.5. The predicted octanol–water partition coefficient (Wildman–Crippen LogP) is 3.46. The molecule has 0 aliphatic heterocycles. The average Bonchev–Trinajstić information content (AvgIpc) is 2.67. The van der Waals surface area contributed by atoms with Gasteiger partial charge in [-0.2, -0.15) is 0 Å². The molecule has 2 rings (SSSR count). The molecular formula is C21H24N2O4. The van der Waals surface area contributed by atoms with Gasteiger partial charge in [0.1, 0.15) is 0 Å². The Kier molecular flexibility index (Phi) is 7.55. The fraction of sp³-hybridized carbons (Fsp3) is 0.286. The van der Waals surface area contributed by atoms with Gasteiger partial charge in [-0.05, 0) is 37.6 Å². The zero-order valence-electron chi connectivity index (χ0n) is 15.5. The highest BCUT2D eigenvalue weighted by molar-refractivity contribution is 5.97. The third-order valence-electron chi connectivity index (χ3n) is 3.92. The molecule has 2 N–H and O–H groups in total. The van der Waals surface area contributed by atoms with Crippen LogP contribution < -0.4 is 10.6 Å². The lowest BCUT2D eigenvalue weighted by Gasteiger charge is -2.15. The largest absolute Gasteiger partial charge is 0.466 e. The van der Waals surface area contributed by atoms with Crippen molar-refractivity contribution in [1.29, 1.82) is 0 Å². The van der Waals surface area contributed by atoms with E-state index in [0.717, 1.165) is 5.56 Å². The number of anilines is 1. The number of amides is 2. The van der Waals surface area contributed by atoms with Crippen LogP contribution in [-0.4, -0.2) is 24.4 Å². The number of benzene rings is 2. The van der Waals surface area contributed by atoms with E-state index >= 15 is 0 Å². The van der Waals surface area contributed by atoms with Crippen LogP contribution in [-0.2, 0) is 14.3 Å². The number of ether oxygens (including phenoxy) is 1. The summed E-state index contributed by atoms with van der Waals surface area (Å²) in [5.74, 6) is -0.942. The van der Waals surface area contributed by atoms with Gasteiger partial charge in [-0.1, -0.05) is 36.4 Å². The van der Waals surface area contributed by atoms with E-state index in [-0.39, 0.29) is 30.7 Å². The van der Waals surface area contributed by atoms with Crippen LogP contribution in [0.5, 0.6) is 0 Å². The second-order valence-corrected chi connectivity index (χ2v) is 6.04. The van der Waals surface area contributed by atoms with Crippen molar-refractivity contribution in [2.75, 3.05) is 11.9 Å². The Morgan fingerprint density at radius 1 is 1.00 bits per heavy atom. The van der Waals surface area contributed by atoms with Gasteiger partial charge in [-0.3, -0.25) is 14.4 Å². The van der Waals surface area contributed by atoms with Crippen molar-refractivity contribution in [2.24, 2.45) is 0 Å². The zero-order valence-corrected chi connectivity index (χ0v) is 15.5. The Labute approximate surface area is 158 Å². The lowest BCUT2D eigenvalue weighted by molar-refractivity contribution is -0.144. The van der Waals surface area contributed by atoms with Crippen LogP contribution in [0.15, 0.2) is 54.6 Å². The maximum Gasteiger partial charge on any atom is 0.306 e. The van der Waals surface area contributed by atoms with Gasteiger partial charge in [-0.15, -0.1) is 0 Å². The molecule has 6 heteroatoms. The SMILES string of the molecule is CCOC(=O)CCC(=O)Nc1cccc(C(=O)NC(C)c2ccccc2)c1. The van der Waals surface area contributed by atoms with Gasteiger partial charge in [0, 0.05) is 17.7 Å². The van der Waals surface area contributed by atoms with E-state index in [2.05, 4.69) is 10.6 Å². The fourth-order valence-electron chi connectivity index (χ4n) is 2.52. The number of rotatable bonds is 8. The predicted molar refractivity (Wildman–Crippen MR) is 103 cm³/mol. The Morgan fingerprint density at radius 3 is 2.44 bits per heavy atom. The first-order chi connectivity index (χ1) is 13.0. The number of nitrogens with one attached hydrogen (secondary N) is 2. The lowest BCUT2D eigenvalue weighted by Crippen LogP contribution is -2.26. The summed E-state index contributed by atoms with van der Waals surface area (Å²) in [5, 5.41) is 5.63. The molecule has 0 aromatic heterocycles. The van der Waals surface area contributed by atoms with Crippen molar-refractivity contribution in [1.82, 2.24) is 5.32 Å². The van der Waals surface area contributed by atoms with E-state index in [4.69, 9.17) is 4.74 Å². The minimum Gasteiger partial charge on any atom is -0.466 e. The van der Waals surface area contributed by atoms with Crippen molar-refractivity contribution in [3.05, 3.63) is 65.7 Å². The maximum atomic E-state index is 12.5. The topological polar surface area (TPSA) is 84.5 Å². The number of esters is 1. The van der Waals surface area contributed by atoms with Gasteiger partial charge in [0.05, 0.1) is 19.1 Å². The first-order valence-electron chi connectivity index (χ1n) is 8.91. The van der Waals surface area contributed by atoms with Crippen LogP contribution in [0.2, 0.25) is 0 Å². The summed E-state index contributed by atoms with van der Waals surface area (Å²) < 4.78 is 4.79. The normalized spacial score (nSPS) is 11.3. The third-order valence-corrected chi connectivity index (χ3v) is 3.92. The molecule has 2 aromatic carbocycles. The van der Waals surface area contributed by atoms with Gasteiger partial charge in [-0.25, -0.2) is 0 Å². The lowest BCUT2D eigenvalue weighted by atomic mass is 10.1. The van der Waals surface area contributed by atoms with E-state index in [1.165, 1.54) is 0 Å².